The Kier molecular flexibility index (Phi) is 4.13. The van der Waals surface area contributed by atoms with Gasteiger partial charge in [0.05, 0.1) is 11.2 Å². The molecule has 1 unspecified atom stereocenters. The Bertz CT molecular complexity index is 508. The van der Waals surface area contributed by atoms with Crippen LogP contribution < -0.4 is 10.6 Å². The van der Waals surface area contributed by atoms with Gasteiger partial charge in [-0.3, -0.25) is 0 Å². The van der Waals surface area contributed by atoms with Gasteiger partial charge in [0.15, 0.2) is 0 Å². The molecular formula is C14H17F3N2O2. The first kappa shape index (κ1) is 15.6. The lowest BCUT2D eigenvalue weighted by Gasteiger charge is -2.23. The number of carbonyl (C=O) groups excluding carboxylic acids is 1. The molecule has 1 aromatic carbocycles. The number of amides is 2. The maximum absolute atomic E-state index is 12.4. The van der Waals surface area contributed by atoms with Gasteiger partial charge >= 0.3 is 12.2 Å². The molecule has 1 atom stereocenters. The number of hydrogen-bond acceptors (Lipinski definition) is 2. The molecule has 1 fully saturated rings. The van der Waals surface area contributed by atoms with Gasteiger partial charge in [0.2, 0.25) is 0 Å². The minimum absolute atomic E-state index is 0.101. The number of nitrogens with one attached hydrogen (secondary N) is 2. The molecular weight excluding hydrogens is 285 g/mol. The van der Waals surface area contributed by atoms with E-state index in [-0.39, 0.29) is 18.2 Å². The van der Waals surface area contributed by atoms with E-state index in [4.69, 9.17) is 0 Å². The van der Waals surface area contributed by atoms with Crippen molar-refractivity contribution < 1.29 is 23.1 Å². The maximum Gasteiger partial charge on any atom is 0.416 e. The molecule has 0 aromatic heterocycles. The van der Waals surface area contributed by atoms with E-state index in [1.54, 1.807) is 6.92 Å². The van der Waals surface area contributed by atoms with Crippen LogP contribution in [0.15, 0.2) is 24.3 Å². The summed E-state index contributed by atoms with van der Waals surface area (Å²) in [6.45, 7) is 1.76. The predicted octanol–water partition coefficient (Wildman–Crippen LogP) is 2.99. The third kappa shape index (κ3) is 4.35. The van der Waals surface area contributed by atoms with Crippen LogP contribution in [0.1, 0.15) is 25.3 Å². The second-order valence-electron chi connectivity index (χ2n) is 5.51. The number of hydrogen-bond donors (Lipinski definition) is 3. The van der Waals surface area contributed by atoms with E-state index in [9.17, 15) is 23.1 Å². The van der Waals surface area contributed by atoms with Crippen LogP contribution in [-0.2, 0) is 6.18 Å². The van der Waals surface area contributed by atoms with Gasteiger partial charge in [0.25, 0.3) is 0 Å². The van der Waals surface area contributed by atoms with Crippen LogP contribution >= 0.6 is 0 Å². The van der Waals surface area contributed by atoms with Gasteiger partial charge < -0.3 is 15.7 Å². The molecule has 4 nitrogen and oxygen atoms in total. The van der Waals surface area contributed by atoms with Crippen molar-refractivity contribution in [2.75, 3.05) is 11.9 Å². The number of carbonyl (C=O) groups is 1. The number of alkyl halides is 3. The fourth-order valence-electron chi connectivity index (χ4n) is 2.03. The quantitative estimate of drug-likeness (QED) is 0.800. The zero-order valence-electron chi connectivity index (χ0n) is 11.5. The largest absolute Gasteiger partial charge is 0.416 e. The summed E-state index contributed by atoms with van der Waals surface area (Å²) in [4.78, 5) is 11.6. The molecule has 0 heterocycles. The van der Waals surface area contributed by atoms with E-state index in [2.05, 4.69) is 10.6 Å². The molecule has 0 saturated heterocycles. The average Bonchev–Trinajstić information content (AvgIpc) is 3.21. The zero-order chi connectivity index (χ0) is 15.7. The second kappa shape index (κ2) is 5.55. The van der Waals surface area contributed by atoms with E-state index < -0.39 is 23.4 Å². The third-order valence-corrected chi connectivity index (χ3v) is 3.53. The van der Waals surface area contributed by atoms with Crippen molar-refractivity contribution in [3.63, 3.8) is 0 Å². The first-order chi connectivity index (χ1) is 9.68. The summed E-state index contributed by atoms with van der Waals surface area (Å²) < 4.78 is 37.2. The molecule has 1 aliphatic rings. The summed E-state index contributed by atoms with van der Waals surface area (Å²) in [6.07, 6.45) is -2.52. The van der Waals surface area contributed by atoms with Gasteiger partial charge in [0.1, 0.15) is 0 Å². The smallest absolute Gasteiger partial charge is 0.388 e. The molecule has 3 N–H and O–H groups in total. The Morgan fingerprint density at radius 1 is 1.29 bits per heavy atom. The highest BCUT2D eigenvalue weighted by Gasteiger charge is 2.39. The van der Waals surface area contributed by atoms with Crippen molar-refractivity contribution in [1.29, 1.82) is 0 Å². The fourth-order valence-corrected chi connectivity index (χ4v) is 2.03. The van der Waals surface area contributed by atoms with Gasteiger partial charge in [0, 0.05) is 12.2 Å². The molecule has 0 bridgehead atoms. The second-order valence-corrected chi connectivity index (χ2v) is 5.51. The van der Waals surface area contributed by atoms with Crippen molar-refractivity contribution in [3.05, 3.63) is 29.8 Å². The van der Waals surface area contributed by atoms with Gasteiger partial charge in [-0.25, -0.2) is 4.79 Å². The van der Waals surface area contributed by atoms with Gasteiger partial charge in [-0.15, -0.1) is 0 Å². The Morgan fingerprint density at radius 3 is 2.33 bits per heavy atom. The minimum Gasteiger partial charge on any atom is -0.388 e. The van der Waals surface area contributed by atoms with Crippen molar-refractivity contribution in [2.45, 2.75) is 31.5 Å². The van der Waals surface area contributed by atoms with E-state index in [1.165, 1.54) is 12.1 Å². The summed E-state index contributed by atoms with van der Waals surface area (Å²) >= 11 is 0. The fraction of sp³-hybridized carbons (Fsp3) is 0.500. The van der Waals surface area contributed by atoms with Crippen LogP contribution in [0.4, 0.5) is 23.7 Å². The number of benzene rings is 1. The molecule has 0 aliphatic heterocycles. The summed E-state index contributed by atoms with van der Waals surface area (Å²) in [5.74, 6) is 0.198. The molecule has 116 valence electrons. The minimum atomic E-state index is -4.40. The van der Waals surface area contributed by atoms with E-state index in [0.717, 1.165) is 25.0 Å². The van der Waals surface area contributed by atoms with E-state index >= 15 is 0 Å². The van der Waals surface area contributed by atoms with Crippen molar-refractivity contribution in [2.24, 2.45) is 5.92 Å². The predicted molar refractivity (Wildman–Crippen MR) is 71.8 cm³/mol. The van der Waals surface area contributed by atoms with Crippen LogP contribution in [0.3, 0.4) is 0 Å². The molecule has 2 rings (SSSR count). The lowest BCUT2D eigenvalue weighted by molar-refractivity contribution is -0.137. The Hall–Kier alpha value is -1.76. The number of aliphatic hydroxyl groups is 1. The van der Waals surface area contributed by atoms with Gasteiger partial charge in [-0.2, -0.15) is 13.2 Å². The lowest BCUT2D eigenvalue weighted by Crippen LogP contribution is -2.43. The Balaban J connectivity index is 1.85. The Morgan fingerprint density at radius 2 is 1.86 bits per heavy atom. The molecule has 1 aliphatic carbocycles. The molecule has 1 saturated carbocycles. The summed E-state index contributed by atoms with van der Waals surface area (Å²) in [5, 5.41) is 15.0. The van der Waals surface area contributed by atoms with Crippen LogP contribution in [-0.4, -0.2) is 23.3 Å². The highest BCUT2D eigenvalue weighted by atomic mass is 19.4. The summed E-state index contributed by atoms with van der Waals surface area (Å²) in [7, 11) is 0. The van der Waals surface area contributed by atoms with Crippen LogP contribution in [0.5, 0.6) is 0 Å². The highest BCUT2D eigenvalue weighted by Crippen LogP contribution is 2.39. The molecule has 2 amide bonds. The number of rotatable bonds is 4. The van der Waals surface area contributed by atoms with E-state index in [1.807, 2.05) is 0 Å². The third-order valence-electron chi connectivity index (χ3n) is 3.53. The summed E-state index contributed by atoms with van der Waals surface area (Å²) in [5.41, 5.74) is -1.46. The first-order valence-corrected chi connectivity index (χ1v) is 6.63. The molecule has 0 spiro atoms. The van der Waals surface area contributed by atoms with Crippen molar-refractivity contribution in [3.8, 4) is 0 Å². The molecule has 0 radical (unpaired) electrons. The van der Waals surface area contributed by atoms with Gasteiger partial charge in [-0.05, 0) is 49.9 Å². The lowest BCUT2D eigenvalue weighted by atomic mass is 10.0. The molecule has 7 heteroatoms. The number of urea groups is 1. The SMILES string of the molecule is CC(O)(CNC(=O)Nc1ccc(C(F)(F)F)cc1)C1CC1. The topological polar surface area (TPSA) is 61.4 Å². The normalized spacial score (nSPS) is 18.0. The van der Waals surface area contributed by atoms with E-state index in [0.29, 0.717) is 0 Å². The average molecular weight is 302 g/mol. The Labute approximate surface area is 120 Å². The monoisotopic (exact) mass is 302 g/mol. The maximum atomic E-state index is 12.4. The standard InChI is InChI=1S/C14H17F3N2O2/c1-13(21,9-2-3-9)8-18-12(20)19-11-6-4-10(5-7-11)14(15,16)17/h4-7,9,21H,2-3,8H2,1H3,(H2,18,19,20). The van der Waals surface area contributed by atoms with Crippen LogP contribution in [0, 0.1) is 5.92 Å². The number of anilines is 1. The zero-order valence-corrected chi connectivity index (χ0v) is 11.5. The van der Waals surface area contributed by atoms with Crippen LogP contribution in [0.25, 0.3) is 0 Å². The molecule has 21 heavy (non-hydrogen) atoms. The van der Waals surface area contributed by atoms with Crippen molar-refractivity contribution in [1.82, 2.24) is 5.32 Å². The van der Waals surface area contributed by atoms with Crippen LogP contribution in [0.2, 0.25) is 0 Å². The first-order valence-electron chi connectivity index (χ1n) is 6.63. The molecule has 1 aromatic rings. The number of halogens is 3. The van der Waals surface area contributed by atoms with Crippen molar-refractivity contribution >= 4 is 11.7 Å². The highest BCUT2D eigenvalue weighted by molar-refractivity contribution is 5.89. The summed E-state index contributed by atoms with van der Waals surface area (Å²) in [6, 6.07) is 3.60. The van der Waals surface area contributed by atoms with Gasteiger partial charge in [-0.1, -0.05) is 0 Å².